The van der Waals surface area contributed by atoms with Crippen LogP contribution in [0.3, 0.4) is 0 Å². The molecular weight excluding hydrogens is 570 g/mol. The van der Waals surface area contributed by atoms with Gasteiger partial charge in [-0.15, -0.1) is 0 Å². The number of para-hydroxylation sites is 1. The van der Waals surface area contributed by atoms with E-state index in [1.165, 1.54) is 11.1 Å². The highest BCUT2D eigenvalue weighted by Crippen LogP contribution is 2.35. The molecule has 0 radical (unpaired) electrons. The first-order valence-electron chi connectivity index (χ1n) is 11.8. The molecule has 7 heteroatoms. The van der Waals surface area contributed by atoms with Crippen molar-refractivity contribution in [1.29, 1.82) is 0 Å². The van der Waals surface area contributed by atoms with Gasteiger partial charge in [-0.05, 0) is 80.1 Å². The molecule has 0 spiro atoms. The molecule has 1 aromatic heterocycles. The van der Waals surface area contributed by atoms with E-state index in [9.17, 15) is 4.79 Å². The number of nitrogens with zero attached hydrogens (tertiary/aromatic N) is 3. The molecular formula is C28H25Br2N3O2. The summed E-state index contributed by atoms with van der Waals surface area (Å²) in [7, 11) is 0. The lowest BCUT2D eigenvalue weighted by atomic mass is 9.88. The van der Waals surface area contributed by atoms with Gasteiger partial charge in [0, 0.05) is 5.92 Å². The van der Waals surface area contributed by atoms with E-state index in [1.54, 1.807) is 6.21 Å². The molecule has 0 unspecified atom stereocenters. The highest BCUT2D eigenvalue weighted by Gasteiger charge is 2.22. The second-order valence-electron chi connectivity index (χ2n) is 8.77. The standard InChI is InChI=1S/C28H25Br2N3O2/c29-23-15-20(16-24(30)26(23)35-18-19-9-3-1-4-10-19)17-31-33-27(21-11-5-2-6-12-21)32-25-14-8-7-13-22(25)28(33)34/h1,3-4,7-10,13-17,21H,2,5-6,11-12,18H2. The van der Waals surface area contributed by atoms with Gasteiger partial charge in [-0.25, -0.2) is 4.98 Å². The fourth-order valence-corrected chi connectivity index (χ4v) is 5.97. The van der Waals surface area contributed by atoms with Crippen LogP contribution in [0.15, 0.2) is 85.6 Å². The Morgan fingerprint density at radius 3 is 2.40 bits per heavy atom. The molecule has 0 aliphatic heterocycles. The van der Waals surface area contributed by atoms with Crippen LogP contribution < -0.4 is 10.3 Å². The number of hydrogen-bond acceptors (Lipinski definition) is 4. The van der Waals surface area contributed by atoms with Crippen molar-refractivity contribution in [3.8, 4) is 5.75 Å². The van der Waals surface area contributed by atoms with Gasteiger partial charge in [-0.2, -0.15) is 9.78 Å². The smallest absolute Gasteiger partial charge is 0.282 e. The Bertz CT molecular complexity index is 1400. The summed E-state index contributed by atoms with van der Waals surface area (Å²) in [5.74, 6) is 1.72. The predicted molar refractivity (Wildman–Crippen MR) is 147 cm³/mol. The number of fused-ring (bicyclic) bond motifs is 1. The molecule has 0 N–H and O–H groups in total. The largest absolute Gasteiger partial charge is 0.487 e. The minimum Gasteiger partial charge on any atom is -0.487 e. The van der Waals surface area contributed by atoms with E-state index >= 15 is 0 Å². The van der Waals surface area contributed by atoms with E-state index in [1.807, 2.05) is 66.7 Å². The Morgan fingerprint density at radius 2 is 1.66 bits per heavy atom. The molecule has 178 valence electrons. The summed E-state index contributed by atoms with van der Waals surface area (Å²) < 4.78 is 9.15. The maximum Gasteiger partial charge on any atom is 0.282 e. The maximum atomic E-state index is 13.4. The fourth-order valence-electron chi connectivity index (χ4n) is 4.52. The van der Waals surface area contributed by atoms with Crippen molar-refractivity contribution in [2.45, 2.75) is 44.6 Å². The monoisotopic (exact) mass is 593 g/mol. The second kappa shape index (κ2) is 10.9. The lowest BCUT2D eigenvalue weighted by Gasteiger charge is -2.22. The fraction of sp³-hybridized carbons (Fsp3) is 0.250. The molecule has 0 amide bonds. The third kappa shape index (κ3) is 5.41. The van der Waals surface area contributed by atoms with E-state index in [0.717, 1.165) is 62.8 Å². The van der Waals surface area contributed by atoms with E-state index in [2.05, 4.69) is 37.0 Å². The highest BCUT2D eigenvalue weighted by atomic mass is 79.9. The molecule has 4 aromatic rings. The summed E-state index contributed by atoms with van der Waals surface area (Å²) >= 11 is 7.25. The van der Waals surface area contributed by atoms with Gasteiger partial charge >= 0.3 is 0 Å². The minimum absolute atomic E-state index is 0.131. The number of rotatable bonds is 6. The molecule has 0 saturated heterocycles. The first-order chi connectivity index (χ1) is 17.1. The van der Waals surface area contributed by atoms with E-state index in [4.69, 9.17) is 9.72 Å². The Morgan fingerprint density at radius 1 is 0.971 bits per heavy atom. The summed E-state index contributed by atoms with van der Waals surface area (Å²) in [6.45, 7) is 0.467. The zero-order valence-corrected chi connectivity index (χ0v) is 22.3. The van der Waals surface area contributed by atoms with Gasteiger partial charge in [0.05, 0.1) is 26.1 Å². The predicted octanol–water partition coefficient (Wildman–Crippen LogP) is 7.43. The van der Waals surface area contributed by atoms with Crippen LogP contribution in [0.4, 0.5) is 0 Å². The van der Waals surface area contributed by atoms with E-state index < -0.39 is 0 Å². The summed E-state index contributed by atoms with van der Waals surface area (Å²) in [5.41, 5.74) is 2.53. The number of aromatic nitrogens is 2. The van der Waals surface area contributed by atoms with Crippen molar-refractivity contribution in [3.05, 3.63) is 103 Å². The zero-order valence-electron chi connectivity index (χ0n) is 19.2. The van der Waals surface area contributed by atoms with Gasteiger partial charge in [-0.3, -0.25) is 4.79 Å². The van der Waals surface area contributed by atoms with E-state index in [0.29, 0.717) is 12.0 Å². The number of hydrogen-bond donors (Lipinski definition) is 0. The molecule has 5 rings (SSSR count). The molecule has 1 saturated carbocycles. The van der Waals surface area contributed by atoms with Crippen molar-refractivity contribution < 1.29 is 4.74 Å². The first-order valence-corrected chi connectivity index (χ1v) is 13.4. The number of halogens is 2. The number of benzene rings is 3. The highest BCUT2D eigenvalue weighted by molar-refractivity contribution is 9.11. The van der Waals surface area contributed by atoms with Crippen molar-refractivity contribution >= 4 is 49.0 Å². The van der Waals surface area contributed by atoms with Gasteiger partial charge in [-0.1, -0.05) is 61.7 Å². The molecule has 1 heterocycles. The molecule has 3 aromatic carbocycles. The van der Waals surface area contributed by atoms with Crippen LogP contribution in [0.5, 0.6) is 5.75 Å². The van der Waals surface area contributed by atoms with Crippen LogP contribution in [0.2, 0.25) is 0 Å². The zero-order chi connectivity index (χ0) is 24.2. The van der Waals surface area contributed by atoms with Gasteiger partial charge in [0.2, 0.25) is 0 Å². The van der Waals surface area contributed by atoms with Crippen LogP contribution in [0.25, 0.3) is 10.9 Å². The number of ether oxygens (including phenoxy) is 1. The van der Waals surface area contributed by atoms with Crippen LogP contribution in [-0.4, -0.2) is 15.9 Å². The summed E-state index contributed by atoms with van der Waals surface area (Å²) in [5, 5.41) is 5.22. The van der Waals surface area contributed by atoms with Gasteiger partial charge in [0.25, 0.3) is 5.56 Å². The summed E-state index contributed by atoms with van der Waals surface area (Å²) in [4.78, 5) is 18.3. The molecule has 0 bridgehead atoms. The SMILES string of the molecule is O=c1c2ccccc2nc(C2CCCCC2)n1N=Cc1cc(Br)c(OCc2ccccc2)c(Br)c1. The lowest BCUT2D eigenvalue weighted by molar-refractivity contribution is 0.302. The van der Waals surface area contributed by atoms with Crippen LogP contribution in [0.1, 0.15) is 55.0 Å². The van der Waals surface area contributed by atoms with Gasteiger partial charge < -0.3 is 4.74 Å². The quantitative estimate of drug-likeness (QED) is 0.218. The Labute approximate surface area is 221 Å². The molecule has 1 fully saturated rings. The minimum atomic E-state index is -0.131. The van der Waals surface area contributed by atoms with Crippen molar-refractivity contribution in [3.63, 3.8) is 0 Å². The third-order valence-electron chi connectivity index (χ3n) is 6.32. The van der Waals surface area contributed by atoms with Crippen molar-refractivity contribution in [2.24, 2.45) is 5.10 Å². The maximum absolute atomic E-state index is 13.4. The second-order valence-corrected chi connectivity index (χ2v) is 10.5. The molecule has 5 nitrogen and oxygen atoms in total. The molecule has 1 aliphatic rings. The average molecular weight is 595 g/mol. The average Bonchev–Trinajstić information content (AvgIpc) is 2.89. The van der Waals surface area contributed by atoms with Crippen LogP contribution in [-0.2, 0) is 6.61 Å². The topological polar surface area (TPSA) is 56.5 Å². The first kappa shape index (κ1) is 23.9. The van der Waals surface area contributed by atoms with Gasteiger partial charge in [0.1, 0.15) is 18.2 Å². The van der Waals surface area contributed by atoms with Crippen LogP contribution in [0, 0.1) is 0 Å². The lowest BCUT2D eigenvalue weighted by Crippen LogP contribution is -2.25. The molecule has 35 heavy (non-hydrogen) atoms. The van der Waals surface area contributed by atoms with Crippen LogP contribution >= 0.6 is 31.9 Å². The Balaban J connectivity index is 1.47. The van der Waals surface area contributed by atoms with E-state index in [-0.39, 0.29) is 11.5 Å². The third-order valence-corrected chi connectivity index (χ3v) is 7.50. The molecule has 1 aliphatic carbocycles. The normalized spacial score (nSPS) is 14.6. The Hall–Kier alpha value is -2.77. The van der Waals surface area contributed by atoms with Crippen molar-refractivity contribution in [2.75, 3.05) is 0 Å². The summed E-state index contributed by atoms with van der Waals surface area (Å²) in [6.07, 6.45) is 7.32. The Kier molecular flexibility index (Phi) is 7.44. The van der Waals surface area contributed by atoms with Crippen molar-refractivity contribution in [1.82, 2.24) is 9.66 Å². The summed E-state index contributed by atoms with van der Waals surface area (Å²) in [6, 6.07) is 21.4. The van der Waals surface area contributed by atoms with Gasteiger partial charge in [0.15, 0.2) is 0 Å². The molecule has 0 atom stereocenters.